The zero-order valence-corrected chi connectivity index (χ0v) is 12.0. The Bertz CT molecular complexity index is 378. The molecule has 1 aromatic rings. The summed E-state index contributed by atoms with van der Waals surface area (Å²) in [6.45, 7) is 0. The van der Waals surface area contributed by atoms with Gasteiger partial charge in [0.05, 0.1) is 3.57 Å². The number of nitrogens with two attached hydrogens (primary N) is 1. The van der Waals surface area contributed by atoms with Crippen molar-refractivity contribution in [2.45, 2.75) is 30.6 Å². The molecule has 0 spiro atoms. The summed E-state index contributed by atoms with van der Waals surface area (Å²) in [4.78, 5) is 0.893. The first-order chi connectivity index (χ1) is 7.66. The highest BCUT2D eigenvalue weighted by Crippen LogP contribution is 2.34. The summed E-state index contributed by atoms with van der Waals surface area (Å²) in [6, 6.07) is 3.28. The van der Waals surface area contributed by atoms with Crippen molar-refractivity contribution >= 4 is 40.0 Å². The summed E-state index contributed by atoms with van der Waals surface area (Å²) in [5, 5.41) is 0. The Labute approximate surface area is 114 Å². The summed E-state index contributed by atoms with van der Waals surface area (Å²) in [5.41, 5.74) is 6.59. The van der Waals surface area contributed by atoms with Crippen LogP contribution in [0.4, 0.5) is 10.1 Å². The molecule has 0 aliphatic heterocycles. The van der Waals surface area contributed by atoms with Crippen molar-refractivity contribution in [2.24, 2.45) is 5.92 Å². The van der Waals surface area contributed by atoms with E-state index in [1.54, 1.807) is 23.9 Å². The van der Waals surface area contributed by atoms with Gasteiger partial charge in [0.25, 0.3) is 0 Å². The van der Waals surface area contributed by atoms with Gasteiger partial charge in [-0.15, -0.1) is 11.8 Å². The van der Waals surface area contributed by atoms with Crippen molar-refractivity contribution in [3.63, 3.8) is 0 Å². The topological polar surface area (TPSA) is 26.0 Å². The summed E-state index contributed by atoms with van der Waals surface area (Å²) in [5.74, 6) is 1.71. The van der Waals surface area contributed by atoms with Crippen LogP contribution in [0.1, 0.15) is 25.7 Å². The van der Waals surface area contributed by atoms with Crippen LogP contribution >= 0.6 is 34.4 Å². The average Bonchev–Trinajstić information content (AvgIpc) is 2.74. The zero-order valence-electron chi connectivity index (χ0n) is 9.01. The molecule has 0 amide bonds. The van der Waals surface area contributed by atoms with Gasteiger partial charge in [-0.1, -0.05) is 12.8 Å². The number of thioether (sulfide) groups is 1. The lowest BCUT2D eigenvalue weighted by atomic mass is 10.1. The minimum absolute atomic E-state index is 0.163. The lowest BCUT2D eigenvalue weighted by molar-refractivity contribution is 0.615. The number of hydrogen-bond acceptors (Lipinski definition) is 2. The van der Waals surface area contributed by atoms with Gasteiger partial charge in [-0.25, -0.2) is 4.39 Å². The molecule has 1 nitrogen and oxygen atoms in total. The molecule has 2 N–H and O–H groups in total. The molecular formula is C12H15FINS. The van der Waals surface area contributed by atoms with Gasteiger partial charge < -0.3 is 5.73 Å². The number of hydrogen-bond donors (Lipinski definition) is 1. The number of benzene rings is 1. The molecule has 1 aliphatic carbocycles. The van der Waals surface area contributed by atoms with E-state index in [1.807, 2.05) is 22.6 Å². The molecule has 0 unspecified atom stereocenters. The summed E-state index contributed by atoms with van der Waals surface area (Å²) >= 11 is 3.67. The molecular weight excluding hydrogens is 336 g/mol. The fourth-order valence-electron chi connectivity index (χ4n) is 2.05. The summed E-state index contributed by atoms with van der Waals surface area (Å²) < 4.78 is 14.0. The van der Waals surface area contributed by atoms with Crippen LogP contribution in [-0.4, -0.2) is 5.75 Å². The molecule has 0 atom stereocenters. The van der Waals surface area contributed by atoms with E-state index in [1.165, 1.54) is 25.7 Å². The zero-order chi connectivity index (χ0) is 11.5. The highest BCUT2D eigenvalue weighted by Gasteiger charge is 2.16. The highest BCUT2D eigenvalue weighted by atomic mass is 127. The van der Waals surface area contributed by atoms with E-state index in [-0.39, 0.29) is 5.82 Å². The lowest BCUT2D eigenvalue weighted by Crippen LogP contribution is -1.99. The van der Waals surface area contributed by atoms with Gasteiger partial charge in [0, 0.05) is 16.3 Å². The fraction of sp³-hybridized carbons (Fsp3) is 0.500. The molecule has 0 bridgehead atoms. The predicted octanol–water partition coefficient (Wildman–Crippen LogP) is 4.29. The minimum Gasteiger partial charge on any atom is -0.398 e. The van der Waals surface area contributed by atoms with Crippen molar-refractivity contribution in [2.75, 3.05) is 11.5 Å². The van der Waals surface area contributed by atoms with Crippen LogP contribution < -0.4 is 5.73 Å². The summed E-state index contributed by atoms with van der Waals surface area (Å²) in [7, 11) is 0. The molecule has 1 fully saturated rings. The fourth-order valence-corrected chi connectivity index (χ4v) is 3.71. The Morgan fingerprint density at radius 3 is 2.75 bits per heavy atom. The molecule has 2 rings (SSSR count). The Morgan fingerprint density at radius 2 is 2.06 bits per heavy atom. The van der Waals surface area contributed by atoms with Gasteiger partial charge in [0.2, 0.25) is 0 Å². The third kappa shape index (κ3) is 3.03. The number of anilines is 1. The van der Waals surface area contributed by atoms with Gasteiger partial charge in [-0.2, -0.15) is 0 Å². The monoisotopic (exact) mass is 351 g/mol. The van der Waals surface area contributed by atoms with Crippen LogP contribution in [-0.2, 0) is 0 Å². The smallest absolute Gasteiger partial charge is 0.137 e. The normalized spacial score (nSPS) is 16.9. The third-order valence-electron chi connectivity index (χ3n) is 3.00. The Hall–Kier alpha value is 0.0300. The molecule has 4 heteroatoms. The molecule has 0 aromatic heterocycles. The minimum atomic E-state index is -0.163. The molecule has 1 aromatic carbocycles. The molecule has 16 heavy (non-hydrogen) atoms. The van der Waals surface area contributed by atoms with Gasteiger partial charge in [-0.05, 0) is 53.5 Å². The van der Waals surface area contributed by atoms with Crippen molar-refractivity contribution < 1.29 is 4.39 Å². The van der Waals surface area contributed by atoms with Crippen molar-refractivity contribution in [3.8, 4) is 0 Å². The standard InChI is InChI=1S/C12H15FINS/c13-9-5-12(11(15)6-10(9)14)16-7-8-3-1-2-4-8/h5-6,8H,1-4,7,15H2. The van der Waals surface area contributed by atoms with E-state index in [2.05, 4.69) is 0 Å². The first kappa shape index (κ1) is 12.5. The molecule has 88 valence electrons. The average molecular weight is 351 g/mol. The van der Waals surface area contributed by atoms with E-state index in [4.69, 9.17) is 5.73 Å². The van der Waals surface area contributed by atoms with Gasteiger partial charge in [0.1, 0.15) is 5.82 Å². The van der Waals surface area contributed by atoms with Gasteiger partial charge >= 0.3 is 0 Å². The first-order valence-corrected chi connectivity index (χ1v) is 7.60. The van der Waals surface area contributed by atoms with Crippen LogP contribution in [0.2, 0.25) is 0 Å². The second-order valence-corrected chi connectivity index (χ2v) is 6.49. The molecule has 0 saturated heterocycles. The molecule has 0 radical (unpaired) electrons. The van der Waals surface area contributed by atoms with Crippen molar-refractivity contribution in [1.82, 2.24) is 0 Å². The number of halogens is 2. The van der Waals surface area contributed by atoms with Crippen molar-refractivity contribution in [1.29, 1.82) is 0 Å². The first-order valence-electron chi connectivity index (χ1n) is 5.54. The second kappa shape index (κ2) is 5.58. The molecule has 0 heterocycles. The van der Waals surface area contributed by atoms with Crippen molar-refractivity contribution in [3.05, 3.63) is 21.5 Å². The maximum Gasteiger partial charge on any atom is 0.137 e. The van der Waals surface area contributed by atoms with E-state index in [0.717, 1.165) is 16.6 Å². The van der Waals surface area contributed by atoms with Crippen LogP contribution in [0.3, 0.4) is 0 Å². The SMILES string of the molecule is Nc1cc(I)c(F)cc1SCC1CCCC1. The van der Waals surface area contributed by atoms with Crippen LogP contribution in [0.25, 0.3) is 0 Å². The Kier molecular flexibility index (Phi) is 4.35. The second-order valence-electron chi connectivity index (χ2n) is 4.27. The largest absolute Gasteiger partial charge is 0.398 e. The van der Waals surface area contributed by atoms with E-state index in [9.17, 15) is 4.39 Å². The summed E-state index contributed by atoms with van der Waals surface area (Å²) in [6.07, 6.45) is 5.34. The quantitative estimate of drug-likeness (QED) is 0.499. The predicted molar refractivity (Wildman–Crippen MR) is 76.2 cm³/mol. The maximum atomic E-state index is 13.4. The van der Waals surface area contributed by atoms with Gasteiger partial charge in [0.15, 0.2) is 0 Å². The Balaban J connectivity index is 2.00. The molecule has 1 aliphatic rings. The van der Waals surface area contributed by atoms with E-state index < -0.39 is 0 Å². The molecule has 1 saturated carbocycles. The lowest BCUT2D eigenvalue weighted by Gasteiger charge is -2.10. The van der Waals surface area contributed by atoms with Crippen LogP contribution in [0.5, 0.6) is 0 Å². The van der Waals surface area contributed by atoms with Crippen LogP contribution in [0.15, 0.2) is 17.0 Å². The van der Waals surface area contributed by atoms with Gasteiger partial charge in [-0.3, -0.25) is 0 Å². The number of rotatable bonds is 3. The maximum absolute atomic E-state index is 13.4. The third-order valence-corrected chi connectivity index (χ3v) is 5.13. The highest BCUT2D eigenvalue weighted by molar-refractivity contribution is 14.1. The van der Waals surface area contributed by atoms with E-state index >= 15 is 0 Å². The number of nitrogen functional groups attached to an aromatic ring is 1. The Morgan fingerprint density at radius 1 is 1.38 bits per heavy atom. The van der Waals surface area contributed by atoms with Crippen LogP contribution in [0, 0.1) is 15.3 Å². The van der Waals surface area contributed by atoms with E-state index in [0.29, 0.717) is 9.26 Å².